The molecule has 1 amide bonds. The molecule has 0 unspecified atom stereocenters. The van der Waals surface area contributed by atoms with Gasteiger partial charge in [0.2, 0.25) is 15.9 Å². The summed E-state index contributed by atoms with van der Waals surface area (Å²) in [6, 6.07) is 10.8. The quantitative estimate of drug-likeness (QED) is 0.733. The Labute approximate surface area is 187 Å². The molecule has 2 fully saturated rings. The summed E-state index contributed by atoms with van der Waals surface area (Å²) >= 11 is 0. The molecule has 5 nitrogen and oxygen atoms in total. The van der Waals surface area contributed by atoms with Crippen LogP contribution >= 0.6 is 0 Å². The maximum atomic E-state index is 14.5. The summed E-state index contributed by atoms with van der Waals surface area (Å²) in [4.78, 5) is 15.1. The number of amides is 1. The number of nitrogens with zero attached hydrogens (tertiary/aromatic N) is 1. The van der Waals surface area contributed by atoms with Gasteiger partial charge in [-0.25, -0.2) is 21.9 Å². The van der Waals surface area contributed by atoms with Crippen molar-refractivity contribution in [2.45, 2.75) is 38.1 Å². The lowest BCUT2D eigenvalue weighted by molar-refractivity contribution is -0.132. The van der Waals surface area contributed by atoms with Crippen LogP contribution in [0.25, 0.3) is 11.1 Å². The molecule has 1 saturated heterocycles. The van der Waals surface area contributed by atoms with Crippen molar-refractivity contribution in [2.24, 2.45) is 11.8 Å². The van der Waals surface area contributed by atoms with Crippen molar-refractivity contribution >= 4 is 15.9 Å². The third-order valence-corrected chi connectivity index (χ3v) is 7.40. The van der Waals surface area contributed by atoms with Gasteiger partial charge in [-0.1, -0.05) is 37.3 Å². The van der Waals surface area contributed by atoms with Crippen LogP contribution in [-0.4, -0.2) is 44.6 Å². The van der Waals surface area contributed by atoms with Crippen molar-refractivity contribution in [1.29, 1.82) is 0 Å². The van der Waals surface area contributed by atoms with Crippen molar-refractivity contribution in [3.05, 3.63) is 59.7 Å². The molecule has 1 heterocycles. The molecule has 1 N–H and O–H groups in total. The number of sulfonamides is 1. The van der Waals surface area contributed by atoms with Gasteiger partial charge in [-0.05, 0) is 54.4 Å². The van der Waals surface area contributed by atoms with E-state index >= 15 is 0 Å². The number of carbonyl (C=O) groups is 1. The van der Waals surface area contributed by atoms with Gasteiger partial charge in [0.05, 0.1) is 11.8 Å². The molecule has 2 aromatic carbocycles. The third kappa shape index (κ3) is 4.71. The van der Waals surface area contributed by atoms with E-state index in [2.05, 4.69) is 4.72 Å². The maximum Gasteiger partial charge on any atom is 0.226 e. The molecule has 0 bridgehead atoms. The molecule has 0 radical (unpaired) electrons. The van der Waals surface area contributed by atoms with Gasteiger partial charge < -0.3 is 4.90 Å². The van der Waals surface area contributed by atoms with Gasteiger partial charge in [-0.3, -0.25) is 4.79 Å². The molecule has 8 heteroatoms. The Morgan fingerprint density at radius 3 is 2.41 bits per heavy atom. The summed E-state index contributed by atoms with van der Waals surface area (Å²) in [6.45, 7) is 3.07. The fourth-order valence-electron chi connectivity index (χ4n) is 5.04. The number of carbonyl (C=O) groups excluding carboxylic acids is 1. The molecule has 4 rings (SSSR count). The monoisotopic (exact) mass is 462 g/mol. The van der Waals surface area contributed by atoms with Crippen molar-refractivity contribution in [3.63, 3.8) is 0 Å². The van der Waals surface area contributed by atoms with Crippen LogP contribution in [0.3, 0.4) is 0 Å². The summed E-state index contributed by atoms with van der Waals surface area (Å²) in [7, 11) is -3.29. The lowest BCUT2D eigenvalue weighted by Gasteiger charge is -2.21. The minimum absolute atomic E-state index is 0.0336. The molecule has 172 valence electrons. The van der Waals surface area contributed by atoms with Crippen LogP contribution in [0.2, 0.25) is 0 Å². The second-order valence-corrected chi connectivity index (χ2v) is 10.7. The molecule has 32 heavy (non-hydrogen) atoms. The van der Waals surface area contributed by atoms with Gasteiger partial charge in [0.15, 0.2) is 0 Å². The molecule has 1 saturated carbocycles. The van der Waals surface area contributed by atoms with E-state index in [1.54, 1.807) is 12.1 Å². The van der Waals surface area contributed by atoms with Gasteiger partial charge in [-0.2, -0.15) is 0 Å². The smallest absolute Gasteiger partial charge is 0.226 e. The van der Waals surface area contributed by atoms with Crippen molar-refractivity contribution < 1.29 is 22.0 Å². The predicted molar refractivity (Wildman–Crippen MR) is 119 cm³/mol. The van der Waals surface area contributed by atoms with E-state index in [0.717, 1.165) is 18.2 Å². The maximum absolute atomic E-state index is 14.5. The first-order valence-electron chi connectivity index (χ1n) is 11.0. The zero-order chi connectivity index (χ0) is 23.0. The number of hydrogen-bond acceptors (Lipinski definition) is 3. The van der Waals surface area contributed by atoms with Gasteiger partial charge in [-0.15, -0.1) is 0 Å². The first-order chi connectivity index (χ1) is 15.2. The molecule has 0 aromatic heterocycles. The van der Waals surface area contributed by atoms with E-state index in [9.17, 15) is 22.0 Å². The van der Waals surface area contributed by atoms with Crippen LogP contribution in [0, 0.1) is 23.5 Å². The first-order valence-corrected chi connectivity index (χ1v) is 12.9. The normalized spacial score (nSPS) is 25.9. The number of halogens is 2. The molecule has 0 spiro atoms. The number of hydrogen-bond donors (Lipinski definition) is 1. The molecule has 1 aliphatic carbocycles. The summed E-state index contributed by atoms with van der Waals surface area (Å²) in [6.07, 6.45) is 3.13. The number of rotatable bonds is 5. The minimum Gasteiger partial charge on any atom is -0.342 e. The van der Waals surface area contributed by atoms with E-state index in [1.807, 2.05) is 24.0 Å². The molecule has 4 atom stereocenters. The van der Waals surface area contributed by atoms with Gasteiger partial charge in [0.1, 0.15) is 11.6 Å². The molecular weight excluding hydrogens is 434 g/mol. The van der Waals surface area contributed by atoms with Crippen LogP contribution in [0.5, 0.6) is 0 Å². The number of nitrogens with one attached hydrogen (secondary N) is 1. The average Bonchev–Trinajstić information content (AvgIpc) is 3.44. The summed E-state index contributed by atoms with van der Waals surface area (Å²) in [5.74, 6) is -1.49. The van der Waals surface area contributed by atoms with Gasteiger partial charge >= 0.3 is 0 Å². The SMILES string of the molecule is C[C@@H]1[C@@H](C(=O)N2CCC[C@H](NS(C)(=O)=O)CC2)[C@@H]1c1ccccc1-c1c(F)cccc1F. The first kappa shape index (κ1) is 22.9. The molecule has 2 aromatic rings. The molecule has 1 aliphatic heterocycles. The zero-order valence-electron chi connectivity index (χ0n) is 18.2. The van der Waals surface area contributed by atoms with Gasteiger partial charge in [0.25, 0.3) is 0 Å². The summed E-state index contributed by atoms with van der Waals surface area (Å²) < 4.78 is 54.7. The standard InChI is InChI=1S/C24H28F2N2O3S/c1-15-21(17-8-3-4-9-18(17)23-19(25)10-5-11-20(23)26)22(15)24(29)28-13-6-7-16(12-14-28)27-32(2,30)31/h3-5,8-11,15-16,21-22,27H,6-7,12-14H2,1-2H3/t15-,16-,21-,22+/m0/s1. The Morgan fingerprint density at radius 1 is 1.03 bits per heavy atom. The van der Waals surface area contributed by atoms with E-state index in [1.165, 1.54) is 18.2 Å². The lowest BCUT2D eigenvalue weighted by atomic mass is 9.94. The van der Waals surface area contributed by atoms with Crippen molar-refractivity contribution in [1.82, 2.24) is 9.62 Å². The second-order valence-electron chi connectivity index (χ2n) is 8.94. The average molecular weight is 463 g/mol. The Bertz CT molecular complexity index is 1100. The number of likely N-dealkylation sites (tertiary alicyclic amines) is 1. The van der Waals surface area contributed by atoms with Crippen LogP contribution in [0.15, 0.2) is 42.5 Å². The zero-order valence-corrected chi connectivity index (χ0v) is 19.0. The third-order valence-electron chi connectivity index (χ3n) is 6.64. The Balaban J connectivity index is 1.53. The van der Waals surface area contributed by atoms with Crippen LogP contribution < -0.4 is 4.72 Å². The number of benzene rings is 2. The second kappa shape index (κ2) is 8.90. The van der Waals surface area contributed by atoms with Crippen LogP contribution in [0.1, 0.15) is 37.7 Å². The lowest BCUT2D eigenvalue weighted by Crippen LogP contribution is -2.37. The highest BCUT2D eigenvalue weighted by molar-refractivity contribution is 7.88. The van der Waals surface area contributed by atoms with Gasteiger partial charge in [0, 0.05) is 25.0 Å². The minimum atomic E-state index is -3.29. The molecule has 2 aliphatic rings. The van der Waals surface area contributed by atoms with Crippen molar-refractivity contribution in [3.8, 4) is 11.1 Å². The highest BCUT2D eigenvalue weighted by Crippen LogP contribution is 2.56. The Hall–Kier alpha value is -2.32. The van der Waals surface area contributed by atoms with Crippen molar-refractivity contribution in [2.75, 3.05) is 19.3 Å². The van der Waals surface area contributed by atoms with Crippen LogP contribution in [0.4, 0.5) is 8.78 Å². The topological polar surface area (TPSA) is 66.5 Å². The van der Waals surface area contributed by atoms with E-state index < -0.39 is 21.7 Å². The predicted octanol–water partition coefficient (Wildman–Crippen LogP) is 3.91. The summed E-state index contributed by atoms with van der Waals surface area (Å²) in [5, 5.41) is 0. The Morgan fingerprint density at radius 2 is 1.72 bits per heavy atom. The highest BCUT2D eigenvalue weighted by atomic mass is 32.2. The summed E-state index contributed by atoms with van der Waals surface area (Å²) in [5.41, 5.74) is 1.22. The highest BCUT2D eigenvalue weighted by Gasteiger charge is 2.54. The fraction of sp³-hybridized carbons (Fsp3) is 0.458. The van der Waals surface area contributed by atoms with Crippen LogP contribution in [-0.2, 0) is 14.8 Å². The molecular formula is C24H28F2N2O3S. The van der Waals surface area contributed by atoms with E-state index in [4.69, 9.17) is 0 Å². The Kier molecular flexibility index (Phi) is 6.36. The van der Waals surface area contributed by atoms with E-state index in [0.29, 0.717) is 31.5 Å². The van der Waals surface area contributed by atoms with E-state index in [-0.39, 0.29) is 35.3 Å². The largest absolute Gasteiger partial charge is 0.342 e. The fourth-order valence-corrected chi connectivity index (χ4v) is 5.88.